The summed E-state index contributed by atoms with van der Waals surface area (Å²) in [6.45, 7) is 8.01. The van der Waals surface area contributed by atoms with Gasteiger partial charge >= 0.3 is 0 Å². The van der Waals surface area contributed by atoms with Gasteiger partial charge in [-0.3, -0.25) is 19.4 Å². The van der Waals surface area contributed by atoms with E-state index in [4.69, 9.17) is 9.84 Å². The van der Waals surface area contributed by atoms with Crippen molar-refractivity contribution < 1.29 is 9.53 Å². The molecular weight excluding hydrogens is 498 g/mol. The molecule has 40 heavy (non-hydrogen) atoms. The van der Waals surface area contributed by atoms with Crippen molar-refractivity contribution >= 4 is 5.91 Å². The van der Waals surface area contributed by atoms with Crippen LogP contribution in [0.1, 0.15) is 85.0 Å². The van der Waals surface area contributed by atoms with Crippen LogP contribution in [-0.2, 0) is 19.5 Å². The van der Waals surface area contributed by atoms with E-state index in [1.165, 1.54) is 24.0 Å². The van der Waals surface area contributed by atoms with Gasteiger partial charge in [0.2, 0.25) is 0 Å². The van der Waals surface area contributed by atoms with Gasteiger partial charge in [0.05, 0.1) is 11.3 Å². The fraction of sp³-hybridized carbons (Fsp3) is 0.545. The van der Waals surface area contributed by atoms with Crippen molar-refractivity contribution in [1.82, 2.24) is 24.6 Å². The van der Waals surface area contributed by atoms with Crippen LogP contribution in [0.2, 0.25) is 0 Å². The Labute approximate surface area is 238 Å². The first-order valence-electron chi connectivity index (χ1n) is 15.3. The molecule has 7 heteroatoms. The maximum atomic E-state index is 13.7. The fourth-order valence-corrected chi connectivity index (χ4v) is 6.65. The Morgan fingerprint density at radius 3 is 2.60 bits per heavy atom. The molecular formula is C33H43N5O2. The number of para-hydroxylation sites is 1. The van der Waals surface area contributed by atoms with E-state index in [1.807, 2.05) is 23.3 Å². The number of hydrogen-bond donors (Lipinski definition) is 0. The van der Waals surface area contributed by atoms with Gasteiger partial charge in [-0.1, -0.05) is 24.6 Å². The molecule has 1 spiro atoms. The van der Waals surface area contributed by atoms with Crippen LogP contribution in [0.5, 0.6) is 5.75 Å². The van der Waals surface area contributed by atoms with Crippen molar-refractivity contribution in [2.45, 2.75) is 77.3 Å². The number of carbonyl (C=O) groups excluding carboxylic acids is 1. The third-order valence-electron chi connectivity index (χ3n) is 9.18. The molecule has 0 atom stereocenters. The minimum atomic E-state index is 0.184. The van der Waals surface area contributed by atoms with Crippen LogP contribution in [0.25, 0.3) is 0 Å². The lowest BCUT2D eigenvalue weighted by molar-refractivity contribution is 0.0360. The molecule has 3 aromatic rings. The summed E-state index contributed by atoms with van der Waals surface area (Å²) < 4.78 is 8.27. The highest BCUT2D eigenvalue weighted by molar-refractivity contribution is 5.95. The number of aromatic nitrogens is 3. The molecule has 2 aliphatic heterocycles. The number of fused-ring (bicyclic) bond motifs is 1. The van der Waals surface area contributed by atoms with Crippen molar-refractivity contribution in [1.29, 1.82) is 0 Å². The minimum absolute atomic E-state index is 0.184. The Bertz CT molecular complexity index is 1280. The third-order valence-corrected chi connectivity index (χ3v) is 9.18. The fourth-order valence-electron chi connectivity index (χ4n) is 6.65. The lowest BCUT2D eigenvalue weighted by atomic mass is 9.73. The molecule has 1 saturated heterocycles. The number of hydrogen-bond acceptors (Lipinski definition) is 5. The second kappa shape index (κ2) is 12.1. The molecule has 212 valence electrons. The van der Waals surface area contributed by atoms with E-state index in [0.29, 0.717) is 12.5 Å². The maximum Gasteiger partial charge on any atom is 0.257 e. The average molecular weight is 542 g/mol. The maximum absolute atomic E-state index is 13.7. The summed E-state index contributed by atoms with van der Waals surface area (Å²) in [6, 6.07) is 12.8. The number of carbonyl (C=O) groups is 1. The first-order valence-corrected chi connectivity index (χ1v) is 15.3. The molecule has 3 aliphatic rings. The Hall–Kier alpha value is -3.19. The number of ether oxygens (including phenoxy) is 1. The molecule has 0 bridgehead atoms. The Morgan fingerprint density at radius 2 is 1.82 bits per heavy atom. The predicted molar refractivity (Wildman–Crippen MR) is 156 cm³/mol. The van der Waals surface area contributed by atoms with E-state index in [0.717, 1.165) is 94.8 Å². The topological polar surface area (TPSA) is 63.5 Å². The highest BCUT2D eigenvalue weighted by Gasteiger charge is 2.39. The Balaban J connectivity index is 1.19. The normalized spacial score (nSPS) is 20.3. The summed E-state index contributed by atoms with van der Waals surface area (Å²) in [7, 11) is 0. The van der Waals surface area contributed by atoms with Gasteiger partial charge in [-0.05, 0) is 86.6 Å². The van der Waals surface area contributed by atoms with Crippen molar-refractivity contribution in [2.75, 3.05) is 32.8 Å². The Kier molecular flexibility index (Phi) is 8.19. The molecule has 2 fully saturated rings. The Morgan fingerprint density at radius 1 is 1.02 bits per heavy atom. The highest BCUT2D eigenvalue weighted by atomic mass is 16.5. The molecule has 4 heterocycles. The minimum Gasteiger partial charge on any atom is -0.492 e. The van der Waals surface area contributed by atoms with E-state index in [1.54, 1.807) is 0 Å². The predicted octanol–water partition coefficient (Wildman–Crippen LogP) is 5.71. The SMILES string of the molecule is CCn1cc(C(=O)N2CCC3(CCCCc4ccccc4OCCN(Cc4ccncc4)C3)CC2)c(C2CC2)n1. The summed E-state index contributed by atoms with van der Waals surface area (Å²) in [5, 5.41) is 4.76. The van der Waals surface area contributed by atoms with Crippen molar-refractivity contribution in [2.24, 2.45) is 5.41 Å². The van der Waals surface area contributed by atoms with Gasteiger partial charge in [0, 0.05) is 63.8 Å². The zero-order valence-electron chi connectivity index (χ0n) is 23.9. The van der Waals surface area contributed by atoms with Crippen LogP contribution in [0.3, 0.4) is 0 Å². The summed E-state index contributed by atoms with van der Waals surface area (Å²) in [5.74, 6) is 1.69. The molecule has 1 aliphatic carbocycles. The van der Waals surface area contributed by atoms with Gasteiger partial charge in [0.15, 0.2) is 0 Å². The standard InChI is InChI=1S/C33H43N5O2/c1-2-38-24-29(31(35-38)28-10-11-28)32(39)37-19-15-33(16-20-37)14-6-5-8-27-7-3-4-9-30(27)40-22-21-36(25-33)23-26-12-17-34-18-13-26/h3-4,7,9,12-13,17-18,24,28H,2,5-6,8,10-11,14-16,19-23,25H2,1H3. The van der Waals surface area contributed by atoms with Crippen LogP contribution < -0.4 is 4.74 Å². The molecule has 1 amide bonds. The van der Waals surface area contributed by atoms with Crippen LogP contribution in [0.4, 0.5) is 0 Å². The third kappa shape index (κ3) is 6.25. The quantitative estimate of drug-likeness (QED) is 0.414. The largest absolute Gasteiger partial charge is 0.492 e. The van der Waals surface area contributed by atoms with E-state index >= 15 is 0 Å². The average Bonchev–Trinajstić information content (AvgIpc) is 3.74. The monoisotopic (exact) mass is 541 g/mol. The van der Waals surface area contributed by atoms with E-state index in [9.17, 15) is 4.79 Å². The summed E-state index contributed by atoms with van der Waals surface area (Å²) in [5.41, 5.74) is 4.68. The molecule has 7 nitrogen and oxygen atoms in total. The number of benzene rings is 1. The van der Waals surface area contributed by atoms with Gasteiger partial charge in [-0.15, -0.1) is 0 Å². The lowest BCUT2D eigenvalue weighted by Crippen LogP contribution is -2.48. The molecule has 1 saturated carbocycles. The van der Waals surface area contributed by atoms with E-state index in [2.05, 4.69) is 58.1 Å². The number of aryl methyl sites for hydroxylation is 2. The number of nitrogens with zero attached hydrogens (tertiary/aromatic N) is 5. The van der Waals surface area contributed by atoms with Crippen molar-refractivity contribution in [3.8, 4) is 5.75 Å². The summed E-state index contributed by atoms with van der Waals surface area (Å²) in [4.78, 5) is 22.6. The number of likely N-dealkylation sites (tertiary alicyclic amines) is 1. The van der Waals surface area contributed by atoms with Crippen LogP contribution in [0.15, 0.2) is 55.0 Å². The zero-order valence-corrected chi connectivity index (χ0v) is 23.9. The van der Waals surface area contributed by atoms with Crippen LogP contribution in [0, 0.1) is 5.41 Å². The molecule has 0 unspecified atom stereocenters. The number of rotatable bonds is 5. The summed E-state index contributed by atoms with van der Waals surface area (Å²) >= 11 is 0. The van der Waals surface area contributed by atoms with Gasteiger partial charge in [-0.25, -0.2) is 0 Å². The van der Waals surface area contributed by atoms with Gasteiger partial charge in [0.1, 0.15) is 12.4 Å². The van der Waals surface area contributed by atoms with E-state index < -0.39 is 0 Å². The summed E-state index contributed by atoms with van der Waals surface area (Å²) in [6.07, 6.45) is 14.8. The molecule has 1 aromatic carbocycles. The first kappa shape index (κ1) is 27.0. The van der Waals surface area contributed by atoms with E-state index in [-0.39, 0.29) is 11.3 Å². The van der Waals surface area contributed by atoms with Gasteiger partial charge < -0.3 is 9.64 Å². The molecule has 0 radical (unpaired) electrons. The molecule has 6 rings (SSSR count). The highest BCUT2D eigenvalue weighted by Crippen LogP contribution is 2.42. The zero-order chi connectivity index (χ0) is 27.4. The van der Waals surface area contributed by atoms with Gasteiger partial charge in [-0.2, -0.15) is 5.10 Å². The van der Waals surface area contributed by atoms with Crippen molar-refractivity contribution in [3.63, 3.8) is 0 Å². The number of piperidine rings is 1. The number of amides is 1. The van der Waals surface area contributed by atoms with Crippen LogP contribution >= 0.6 is 0 Å². The second-order valence-corrected chi connectivity index (χ2v) is 12.1. The lowest BCUT2D eigenvalue weighted by Gasteiger charge is -2.45. The second-order valence-electron chi connectivity index (χ2n) is 12.1. The smallest absolute Gasteiger partial charge is 0.257 e. The van der Waals surface area contributed by atoms with Crippen LogP contribution in [-0.4, -0.2) is 63.3 Å². The van der Waals surface area contributed by atoms with Gasteiger partial charge in [0.25, 0.3) is 5.91 Å². The molecule has 2 aromatic heterocycles. The number of pyridine rings is 1. The molecule has 0 N–H and O–H groups in total. The van der Waals surface area contributed by atoms with Crippen molar-refractivity contribution in [3.05, 3.63) is 77.4 Å². The first-order chi connectivity index (χ1) is 19.6.